The molecular formula is C29H35N9O3S. The summed E-state index contributed by atoms with van der Waals surface area (Å²) in [6, 6.07) is 6.22. The van der Waals surface area contributed by atoms with Crippen LogP contribution in [-0.2, 0) is 23.0 Å². The van der Waals surface area contributed by atoms with Gasteiger partial charge in [0.15, 0.2) is 5.82 Å². The zero-order valence-electron chi connectivity index (χ0n) is 23.4. The molecule has 12 nitrogen and oxygen atoms in total. The number of aromatic nitrogens is 7. The summed E-state index contributed by atoms with van der Waals surface area (Å²) in [6.07, 6.45) is 15.1. The Hall–Kier alpha value is -3.84. The van der Waals surface area contributed by atoms with Gasteiger partial charge in [-0.1, -0.05) is 0 Å². The van der Waals surface area contributed by atoms with E-state index in [-0.39, 0.29) is 11.9 Å². The van der Waals surface area contributed by atoms with Crippen molar-refractivity contribution in [2.24, 2.45) is 5.92 Å². The van der Waals surface area contributed by atoms with Crippen LogP contribution < -0.4 is 10.6 Å². The standard InChI is InChI=1S/C29H35N9O3S/c39-18-19-4-6-21(7-5-19)33-25-14-28(31-16-24(25)26-13-22-3-1-2-12-37(22)36-26)34-27-10-11-30-29(35-27)20-15-32-38(17-20)42(40,41)23-8-9-23/h10-11,13-17,19,21,23,39H,1-9,12,18H2,(H2,30,31,33,34,35). The summed E-state index contributed by atoms with van der Waals surface area (Å²) >= 11 is 0. The van der Waals surface area contributed by atoms with Gasteiger partial charge in [-0.3, -0.25) is 4.68 Å². The predicted molar refractivity (Wildman–Crippen MR) is 159 cm³/mol. The molecule has 1 aliphatic heterocycles. The van der Waals surface area contributed by atoms with Crippen molar-refractivity contribution in [1.29, 1.82) is 0 Å². The summed E-state index contributed by atoms with van der Waals surface area (Å²) in [5, 5.41) is 25.2. The van der Waals surface area contributed by atoms with Crippen LogP contribution in [-0.4, -0.2) is 65.3 Å². The number of rotatable bonds is 9. The number of nitrogens with zero attached hydrogens (tertiary/aromatic N) is 7. The molecule has 0 atom stereocenters. The predicted octanol–water partition coefficient (Wildman–Crippen LogP) is 3.98. The Morgan fingerprint density at radius 3 is 2.64 bits per heavy atom. The van der Waals surface area contributed by atoms with Crippen molar-refractivity contribution in [2.75, 3.05) is 17.2 Å². The Morgan fingerprint density at radius 2 is 1.86 bits per heavy atom. The van der Waals surface area contributed by atoms with Crippen LogP contribution in [0.3, 0.4) is 0 Å². The summed E-state index contributed by atoms with van der Waals surface area (Å²) in [6.45, 7) is 1.19. The summed E-state index contributed by atoms with van der Waals surface area (Å²) in [7, 11) is -3.46. The van der Waals surface area contributed by atoms with E-state index < -0.39 is 10.0 Å². The molecule has 4 aromatic heterocycles. The fourth-order valence-corrected chi connectivity index (χ4v) is 7.36. The molecule has 0 spiro atoms. The first-order chi connectivity index (χ1) is 20.5. The first-order valence-corrected chi connectivity index (χ1v) is 16.3. The second-order valence-corrected chi connectivity index (χ2v) is 13.7. The third kappa shape index (κ3) is 5.50. The molecule has 7 rings (SSSR count). The third-order valence-corrected chi connectivity index (χ3v) is 10.5. The van der Waals surface area contributed by atoms with Crippen molar-refractivity contribution in [1.82, 2.24) is 33.9 Å². The van der Waals surface area contributed by atoms with Crippen molar-refractivity contribution in [3.05, 3.63) is 48.7 Å². The van der Waals surface area contributed by atoms with Gasteiger partial charge in [0, 0.05) is 54.6 Å². The molecule has 0 amide bonds. The van der Waals surface area contributed by atoms with Gasteiger partial charge < -0.3 is 15.7 Å². The first-order valence-electron chi connectivity index (χ1n) is 14.8. The normalized spacial score (nSPS) is 20.7. The Balaban J connectivity index is 1.15. The van der Waals surface area contributed by atoms with Gasteiger partial charge in [0.25, 0.3) is 10.0 Å². The SMILES string of the molecule is O=S(=O)(C1CC1)n1cc(-c2nccc(Nc3cc(NC4CCC(CO)CC4)c(-c4cc5n(n4)CCCC5)cn3)n2)cn1. The van der Waals surface area contributed by atoms with E-state index in [2.05, 4.69) is 36.4 Å². The largest absolute Gasteiger partial charge is 0.396 e. The van der Waals surface area contributed by atoms with Gasteiger partial charge >= 0.3 is 0 Å². The zero-order chi connectivity index (χ0) is 28.7. The van der Waals surface area contributed by atoms with Gasteiger partial charge in [0.1, 0.15) is 11.6 Å². The number of aryl methyl sites for hydroxylation is 2. The van der Waals surface area contributed by atoms with E-state index >= 15 is 0 Å². The number of hydrogen-bond acceptors (Lipinski definition) is 10. The van der Waals surface area contributed by atoms with E-state index in [1.165, 1.54) is 24.5 Å². The highest BCUT2D eigenvalue weighted by Crippen LogP contribution is 2.34. The van der Waals surface area contributed by atoms with Crippen LogP contribution in [0.2, 0.25) is 0 Å². The molecule has 3 N–H and O–H groups in total. The molecule has 3 aliphatic rings. The molecule has 4 aromatic rings. The fraction of sp³-hybridized carbons (Fsp3) is 0.483. The molecule has 13 heteroatoms. The van der Waals surface area contributed by atoms with E-state index in [4.69, 9.17) is 10.1 Å². The van der Waals surface area contributed by atoms with Gasteiger partial charge in [0.05, 0.1) is 28.9 Å². The molecule has 2 aliphatic carbocycles. The molecule has 220 valence electrons. The highest BCUT2D eigenvalue weighted by molar-refractivity contribution is 7.90. The number of hydrogen-bond donors (Lipinski definition) is 3. The lowest BCUT2D eigenvalue weighted by molar-refractivity contribution is 0.186. The minimum Gasteiger partial charge on any atom is -0.396 e. The second kappa shape index (κ2) is 11.1. The van der Waals surface area contributed by atoms with E-state index in [0.29, 0.717) is 47.8 Å². The lowest BCUT2D eigenvalue weighted by atomic mass is 9.86. The van der Waals surface area contributed by atoms with Crippen LogP contribution in [0.4, 0.5) is 17.3 Å². The van der Waals surface area contributed by atoms with E-state index in [1.54, 1.807) is 12.3 Å². The molecule has 5 heterocycles. The quantitative estimate of drug-likeness (QED) is 0.261. The van der Waals surface area contributed by atoms with E-state index in [1.807, 2.05) is 12.3 Å². The van der Waals surface area contributed by atoms with Crippen LogP contribution >= 0.6 is 0 Å². The van der Waals surface area contributed by atoms with Crippen molar-refractivity contribution in [2.45, 2.75) is 75.6 Å². The number of anilines is 3. The minimum absolute atomic E-state index is 0.250. The van der Waals surface area contributed by atoms with E-state index in [0.717, 1.165) is 66.1 Å². The summed E-state index contributed by atoms with van der Waals surface area (Å²) in [4.78, 5) is 13.7. The molecule has 0 radical (unpaired) electrons. The molecule has 0 unspecified atom stereocenters. The highest BCUT2D eigenvalue weighted by Gasteiger charge is 2.37. The monoisotopic (exact) mass is 589 g/mol. The second-order valence-electron chi connectivity index (χ2n) is 11.6. The number of aliphatic hydroxyl groups is 1. The topological polar surface area (TPSA) is 153 Å². The average Bonchev–Trinajstić information content (AvgIpc) is 3.60. The maximum absolute atomic E-state index is 12.6. The Bertz CT molecular complexity index is 1660. The smallest absolute Gasteiger partial charge is 0.256 e. The van der Waals surface area contributed by atoms with Crippen molar-refractivity contribution < 1.29 is 13.5 Å². The number of nitrogens with one attached hydrogen (secondary N) is 2. The molecule has 2 fully saturated rings. The number of pyridine rings is 1. The van der Waals surface area contributed by atoms with Crippen LogP contribution in [0, 0.1) is 5.92 Å². The Morgan fingerprint density at radius 1 is 1.00 bits per heavy atom. The number of fused-ring (bicyclic) bond motifs is 1. The van der Waals surface area contributed by atoms with Crippen LogP contribution in [0.15, 0.2) is 43.0 Å². The van der Waals surface area contributed by atoms with Crippen molar-refractivity contribution in [3.63, 3.8) is 0 Å². The molecule has 0 bridgehead atoms. The maximum atomic E-state index is 12.6. The van der Waals surface area contributed by atoms with Gasteiger partial charge in [-0.15, -0.1) is 0 Å². The molecule has 2 saturated carbocycles. The molecule has 42 heavy (non-hydrogen) atoms. The van der Waals surface area contributed by atoms with Crippen LogP contribution in [0.5, 0.6) is 0 Å². The van der Waals surface area contributed by atoms with Crippen molar-refractivity contribution in [3.8, 4) is 22.6 Å². The molecule has 0 aromatic carbocycles. The average molecular weight is 590 g/mol. The lowest BCUT2D eigenvalue weighted by Crippen LogP contribution is -2.27. The van der Waals surface area contributed by atoms with Crippen LogP contribution in [0.1, 0.15) is 57.1 Å². The van der Waals surface area contributed by atoms with Gasteiger partial charge in [-0.25, -0.2) is 23.4 Å². The van der Waals surface area contributed by atoms with E-state index in [9.17, 15) is 13.5 Å². The van der Waals surface area contributed by atoms with Crippen molar-refractivity contribution >= 4 is 27.3 Å². The van der Waals surface area contributed by atoms with Gasteiger partial charge in [0.2, 0.25) is 0 Å². The Labute approximate surface area is 244 Å². The maximum Gasteiger partial charge on any atom is 0.256 e. The summed E-state index contributed by atoms with van der Waals surface area (Å²) < 4.78 is 28.3. The summed E-state index contributed by atoms with van der Waals surface area (Å²) in [5.74, 6) is 1.90. The highest BCUT2D eigenvalue weighted by atomic mass is 32.2. The number of aliphatic hydroxyl groups excluding tert-OH is 1. The minimum atomic E-state index is -3.46. The molecular weight excluding hydrogens is 554 g/mol. The zero-order valence-corrected chi connectivity index (χ0v) is 24.2. The third-order valence-electron chi connectivity index (χ3n) is 8.50. The lowest BCUT2D eigenvalue weighted by Gasteiger charge is -2.29. The fourth-order valence-electron chi connectivity index (χ4n) is 5.88. The molecule has 0 saturated heterocycles. The summed E-state index contributed by atoms with van der Waals surface area (Å²) in [5.41, 5.74) is 4.61. The van der Waals surface area contributed by atoms with Gasteiger partial charge in [-0.2, -0.15) is 14.3 Å². The first kappa shape index (κ1) is 27.0. The Kier molecular flexibility index (Phi) is 7.14. The van der Waals surface area contributed by atoms with Gasteiger partial charge in [-0.05, 0) is 75.8 Å². The van der Waals surface area contributed by atoms with Crippen LogP contribution in [0.25, 0.3) is 22.6 Å².